The number of rotatable bonds is 0. The van der Waals surface area contributed by atoms with Crippen LogP contribution >= 0.6 is 24.4 Å². The largest absolute Gasteiger partial charge is 0.0883 e. The van der Waals surface area contributed by atoms with Crippen LogP contribution in [0.15, 0.2) is 36.0 Å². The third-order valence-corrected chi connectivity index (χ3v) is 2.89. The molecule has 1 unspecified atom stereocenters. The average molecular weight is 192 g/mol. The topological polar surface area (TPSA) is 0 Å². The van der Waals surface area contributed by atoms with Crippen LogP contribution in [0, 0.1) is 5.92 Å². The van der Waals surface area contributed by atoms with E-state index in [0.29, 0.717) is 0 Å². The Bertz CT molecular complexity index is 332. The molecular weight excluding hydrogens is 184 g/mol. The molecule has 0 aromatic rings. The zero-order valence-electron chi connectivity index (χ0n) is 6.49. The molecule has 0 saturated heterocycles. The van der Waals surface area contributed by atoms with Gasteiger partial charge in [-0.05, 0) is 18.1 Å². The summed E-state index contributed by atoms with van der Waals surface area (Å²) < 4.78 is 0. The first-order chi connectivity index (χ1) is 5.79. The fraction of sp³-hybridized carbons (Fsp3) is 0.200. The van der Waals surface area contributed by atoms with Crippen LogP contribution < -0.4 is 0 Å². The lowest BCUT2D eigenvalue weighted by molar-refractivity contribution is 1.10. The highest BCUT2D eigenvalue weighted by Crippen LogP contribution is 2.27. The summed E-state index contributed by atoms with van der Waals surface area (Å²) in [6.45, 7) is 0. The van der Waals surface area contributed by atoms with Gasteiger partial charge in [-0.15, -0.1) is 0 Å². The Hall–Kier alpha value is -0.600. The molecular formula is C10H8S2. The quantitative estimate of drug-likeness (QED) is 0.541. The van der Waals surface area contributed by atoms with Gasteiger partial charge in [0.2, 0.25) is 0 Å². The van der Waals surface area contributed by atoms with E-state index in [2.05, 4.69) is 18.2 Å². The fourth-order valence-electron chi connectivity index (χ4n) is 1.54. The van der Waals surface area contributed by atoms with Crippen molar-refractivity contribution in [2.24, 2.45) is 5.92 Å². The van der Waals surface area contributed by atoms with Crippen molar-refractivity contribution in [1.29, 1.82) is 0 Å². The lowest BCUT2D eigenvalue weighted by atomic mass is 9.83. The Morgan fingerprint density at radius 1 is 1.25 bits per heavy atom. The molecule has 2 heteroatoms. The van der Waals surface area contributed by atoms with Crippen molar-refractivity contribution in [3.05, 3.63) is 36.0 Å². The van der Waals surface area contributed by atoms with E-state index < -0.39 is 0 Å². The number of hydrogen-bond acceptors (Lipinski definition) is 2. The van der Waals surface area contributed by atoms with E-state index in [1.54, 1.807) is 0 Å². The first-order valence-corrected chi connectivity index (χ1v) is 4.72. The van der Waals surface area contributed by atoms with E-state index >= 15 is 0 Å². The fourth-order valence-corrected chi connectivity index (χ4v) is 2.33. The Labute approximate surface area is 82.7 Å². The van der Waals surface area contributed by atoms with Crippen LogP contribution in [0.1, 0.15) is 6.42 Å². The molecule has 1 atom stereocenters. The molecule has 0 spiro atoms. The summed E-state index contributed by atoms with van der Waals surface area (Å²) in [5, 5.41) is 0. The maximum atomic E-state index is 5.27. The Morgan fingerprint density at radius 3 is 2.83 bits per heavy atom. The lowest BCUT2D eigenvalue weighted by Crippen LogP contribution is -2.24. The summed E-state index contributed by atoms with van der Waals surface area (Å²) >= 11 is 10.5. The second-order valence-corrected chi connectivity index (χ2v) is 3.93. The zero-order chi connectivity index (χ0) is 8.55. The average Bonchev–Trinajstić information content (AvgIpc) is 2.04. The second-order valence-electron chi connectivity index (χ2n) is 2.93. The summed E-state index contributed by atoms with van der Waals surface area (Å²) in [5.74, 6) is 0.241. The van der Waals surface area contributed by atoms with Gasteiger partial charge in [-0.2, -0.15) is 0 Å². The molecule has 0 radical (unpaired) electrons. The Balaban J connectivity index is 2.46. The molecule has 2 rings (SSSR count). The van der Waals surface area contributed by atoms with Crippen LogP contribution in [0.3, 0.4) is 0 Å². The van der Waals surface area contributed by atoms with Crippen molar-refractivity contribution in [3.8, 4) is 0 Å². The molecule has 0 heterocycles. The number of allylic oxidation sites excluding steroid dienone is 6. The first-order valence-electron chi connectivity index (χ1n) is 3.90. The molecule has 12 heavy (non-hydrogen) atoms. The predicted octanol–water partition coefficient (Wildman–Crippen LogP) is 2.80. The summed E-state index contributed by atoms with van der Waals surface area (Å²) in [4.78, 5) is 2.01. The van der Waals surface area contributed by atoms with Crippen LogP contribution in [0.2, 0.25) is 0 Å². The summed E-state index contributed by atoms with van der Waals surface area (Å²) in [7, 11) is 0. The van der Waals surface area contributed by atoms with Gasteiger partial charge < -0.3 is 0 Å². The van der Waals surface area contributed by atoms with E-state index in [9.17, 15) is 0 Å². The van der Waals surface area contributed by atoms with Crippen molar-refractivity contribution >= 4 is 34.2 Å². The molecule has 0 saturated carbocycles. The van der Waals surface area contributed by atoms with Crippen LogP contribution in [-0.4, -0.2) is 9.73 Å². The van der Waals surface area contributed by atoms with Crippen molar-refractivity contribution in [2.45, 2.75) is 6.42 Å². The highest BCUT2D eigenvalue weighted by atomic mass is 32.1. The summed E-state index contributed by atoms with van der Waals surface area (Å²) in [5.41, 5.74) is 1.25. The number of hydrogen-bond donors (Lipinski definition) is 0. The molecule has 0 amide bonds. The van der Waals surface area contributed by atoms with Crippen molar-refractivity contribution in [3.63, 3.8) is 0 Å². The number of thiocarbonyl (C=S) groups is 2. The molecule has 2 aliphatic rings. The SMILES string of the molecule is S=C1C=CC=C2C=CCC(=S)C12. The van der Waals surface area contributed by atoms with Gasteiger partial charge in [-0.3, -0.25) is 0 Å². The molecule has 60 valence electrons. The van der Waals surface area contributed by atoms with Gasteiger partial charge in [-0.25, -0.2) is 0 Å². The molecule has 0 aromatic heterocycles. The molecule has 0 fully saturated rings. The maximum Gasteiger partial charge on any atom is 0.0508 e. The molecule has 0 aromatic carbocycles. The van der Waals surface area contributed by atoms with Gasteiger partial charge in [0.05, 0.1) is 5.92 Å². The first kappa shape index (κ1) is 8.02. The van der Waals surface area contributed by atoms with Gasteiger partial charge in [0, 0.05) is 9.73 Å². The van der Waals surface area contributed by atoms with Gasteiger partial charge in [0.1, 0.15) is 0 Å². The summed E-state index contributed by atoms with van der Waals surface area (Å²) in [6, 6.07) is 0. The van der Waals surface area contributed by atoms with Crippen LogP contribution in [0.4, 0.5) is 0 Å². The zero-order valence-corrected chi connectivity index (χ0v) is 8.12. The monoisotopic (exact) mass is 192 g/mol. The van der Waals surface area contributed by atoms with Crippen molar-refractivity contribution < 1.29 is 0 Å². The van der Waals surface area contributed by atoms with E-state index in [1.165, 1.54) is 5.57 Å². The third-order valence-electron chi connectivity index (χ3n) is 2.12. The van der Waals surface area contributed by atoms with Gasteiger partial charge in [0.25, 0.3) is 0 Å². The molecule has 0 aliphatic heterocycles. The smallest absolute Gasteiger partial charge is 0.0508 e. The lowest BCUT2D eigenvalue weighted by Gasteiger charge is -2.23. The molecule has 0 bridgehead atoms. The van der Waals surface area contributed by atoms with E-state index in [-0.39, 0.29) is 5.92 Å². The highest BCUT2D eigenvalue weighted by molar-refractivity contribution is 7.82. The third kappa shape index (κ3) is 1.21. The standard InChI is InChI=1S/C10H8S2/c11-8-5-1-3-7-4-2-6-9(12)10(7)8/h1-5,10H,6H2. The predicted molar refractivity (Wildman–Crippen MR) is 59.7 cm³/mol. The minimum Gasteiger partial charge on any atom is -0.0883 e. The van der Waals surface area contributed by atoms with Gasteiger partial charge >= 0.3 is 0 Å². The van der Waals surface area contributed by atoms with E-state index in [1.807, 2.05) is 12.2 Å². The summed E-state index contributed by atoms with van der Waals surface area (Å²) in [6.07, 6.45) is 11.2. The Kier molecular flexibility index (Phi) is 2.03. The molecule has 2 aliphatic carbocycles. The van der Waals surface area contributed by atoms with Gasteiger partial charge in [0.15, 0.2) is 0 Å². The van der Waals surface area contributed by atoms with E-state index in [0.717, 1.165) is 16.1 Å². The minimum atomic E-state index is 0.241. The normalized spacial score (nSPS) is 27.0. The van der Waals surface area contributed by atoms with E-state index in [4.69, 9.17) is 24.4 Å². The minimum absolute atomic E-state index is 0.241. The molecule has 0 nitrogen and oxygen atoms in total. The van der Waals surface area contributed by atoms with Crippen molar-refractivity contribution in [1.82, 2.24) is 0 Å². The van der Waals surface area contributed by atoms with Crippen LogP contribution in [0.25, 0.3) is 0 Å². The maximum absolute atomic E-state index is 5.27. The highest BCUT2D eigenvalue weighted by Gasteiger charge is 2.24. The number of fused-ring (bicyclic) bond motifs is 1. The van der Waals surface area contributed by atoms with Gasteiger partial charge in [-0.1, -0.05) is 48.7 Å². The van der Waals surface area contributed by atoms with Crippen LogP contribution in [-0.2, 0) is 0 Å². The van der Waals surface area contributed by atoms with Crippen molar-refractivity contribution in [2.75, 3.05) is 0 Å². The molecule has 0 N–H and O–H groups in total. The van der Waals surface area contributed by atoms with Crippen LogP contribution in [0.5, 0.6) is 0 Å². The second kappa shape index (κ2) is 3.04. The Morgan fingerprint density at radius 2 is 2.08 bits per heavy atom.